The van der Waals surface area contributed by atoms with Crippen LogP contribution < -0.4 is 16.8 Å². The first kappa shape index (κ1) is 27.6. The maximum absolute atomic E-state index is 15.5. The number of rotatable bonds is 6. The first-order valence-electron chi connectivity index (χ1n) is 13.2. The Morgan fingerprint density at radius 3 is 2.51 bits per heavy atom. The number of esters is 1. The molecule has 1 aromatic carbocycles. The van der Waals surface area contributed by atoms with E-state index >= 15 is 4.39 Å². The van der Waals surface area contributed by atoms with E-state index in [1.807, 2.05) is 13.8 Å². The number of anilines is 1. The van der Waals surface area contributed by atoms with Gasteiger partial charge in [0.15, 0.2) is 9.84 Å². The Labute approximate surface area is 227 Å². The molecule has 1 aliphatic carbocycles. The van der Waals surface area contributed by atoms with Gasteiger partial charge in [-0.15, -0.1) is 0 Å². The van der Waals surface area contributed by atoms with E-state index in [0.717, 1.165) is 0 Å². The molecule has 0 unspecified atom stereocenters. The smallest absolute Gasteiger partial charge is 0.322 e. The number of nitrogens with two attached hydrogens (primary N) is 2. The summed E-state index contributed by atoms with van der Waals surface area (Å²) >= 11 is 0. The Morgan fingerprint density at radius 1 is 1.18 bits per heavy atom. The van der Waals surface area contributed by atoms with Gasteiger partial charge in [-0.2, -0.15) is 0 Å². The van der Waals surface area contributed by atoms with Crippen LogP contribution in [-0.2, 0) is 43.7 Å². The molecule has 10 nitrogen and oxygen atoms in total. The molecule has 3 heterocycles. The molecule has 1 atom stereocenters. The van der Waals surface area contributed by atoms with Crippen LogP contribution in [0.5, 0.6) is 0 Å². The summed E-state index contributed by atoms with van der Waals surface area (Å²) in [7, 11) is -3.57. The van der Waals surface area contributed by atoms with Crippen molar-refractivity contribution in [2.75, 3.05) is 11.1 Å². The first-order valence-corrected chi connectivity index (χ1v) is 14.8. The minimum atomic E-state index is -3.57. The number of fused-ring (bicyclic) bond motifs is 3. The van der Waals surface area contributed by atoms with Crippen LogP contribution in [0, 0.1) is 11.2 Å². The molecule has 3 aliphatic rings. The molecular formula is C27H35FN4O6S. The summed E-state index contributed by atoms with van der Waals surface area (Å²) in [5, 5.41) is 3.28. The Balaban J connectivity index is 1.51. The topological polar surface area (TPSA) is 156 Å². The minimum absolute atomic E-state index is 0.0212. The maximum atomic E-state index is 15.5. The van der Waals surface area contributed by atoms with E-state index in [4.69, 9.17) is 20.9 Å². The zero-order valence-electron chi connectivity index (χ0n) is 22.4. The van der Waals surface area contributed by atoms with Crippen molar-refractivity contribution in [1.29, 1.82) is 0 Å². The summed E-state index contributed by atoms with van der Waals surface area (Å²) < 4.78 is 55.0. The summed E-state index contributed by atoms with van der Waals surface area (Å²) in [5.41, 5.74) is 12.9. The predicted molar refractivity (Wildman–Crippen MR) is 142 cm³/mol. The van der Waals surface area contributed by atoms with Crippen LogP contribution in [0.1, 0.15) is 73.8 Å². The SMILES string of the molecule is C[C@@H](N)C(=O)OC1CCC(Nc2cc(-n3c4c(c5c3CC(C)(C)CS5(=O)=O)COC4)cc(F)c2C(N)=O)CC1. The number of sulfone groups is 1. The lowest BCUT2D eigenvalue weighted by atomic mass is 9.89. The van der Waals surface area contributed by atoms with E-state index in [2.05, 4.69) is 5.32 Å². The van der Waals surface area contributed by atoms with Crippen molar-refractivity contribution in [3.63, 3.8) is 0 Å². The Bertz CT molecular complexity index is 1440. The van der Waals surface area contributed by atoms with Crippen molar-refractivity contribution in [3.05, 3.63) is 40.5 Å². The van der Waals surface area contributed by atoms with Crippen LogP contribution in [-0.4, -0.2) is 48.8 Å². The van der Waals surface area contributed by atoms with Gasteiger partial charge in [0, 0.05) is 17.3 Å². The molecule has 1 saturated carbocycles. The van der Waals surface area contributed by atoms with Gasteiger partial charge in [0.1, 0.15) is 18.0 Å². The number of carbonyl (C=O) groups is 2. The number of benzene rings is 1. The largest absolute Gasteiger partial charge is 0.461 e. The minimum Gasteiger partial charge on any atom is -0.461 e. The van der Waals surface area contributed by atoms with Gasteiger partial charge in [-0.3, -0.25) is 9.59 Å². The lowest BCUT2D eigenvalue weighted by Gasteiger charge is -2.32. The Morgan fingerprint density at radius 2 is 1.87 bits per heavy atom. The van der Waals surface area contributed by atoms with Crippen molar-refractivity contribution < 1.29 is 31.9 Å². The monoisotopic (exact) mass is 562 g/mol. The third-order valence-corrected chi connectivity index (χ3v) is 9.98. The molecule has 0 saturated heterocycles. The average molecular weight is 563 g/mol. The molecule has 0 radical (unpaired) electrons. The molecule has 5 N–H and O–H groups in total. The molecule has 2 aliphatic heterocycles. The highest BCUT2D eigenvalue weighted by atomic mass is 32.2. The number of hydrogen-bond acceptors (Lipinski definition) is 8. The molecular weight excluding hydrogens is 527 g/mol. The summed E-state index contributed by atoms with van der Waals surface area (Å²) in [5.74, 6) is -2.13. The van der Waals surface area contributed by atoms with Crippen molar-refractivity contribution in [1.82, 2.24) is 4.57 Å². The highest BCUT2D eigenvalue weighted by molar-refractivity contribution is 7.91. The van der Waals surface area contributed by atoms with Crippen molar-refractivity contribution >= 4 is 27.4 Å². The second kappa shape index (κ2) is 9.90. The van der Waals surface area contributed by atoms with Crippen LogP contribution >= 0.6 is 0 Å². The third kappa shape index (κ3) is 5.17. The standard InChI is InChI=1S/C27H35FN4O6S/c1-14(29)26(34)38-17-6-4-15(5-7-17)31-20-9-16(8-19(28)23(20)25(30)33)32-21-10-27(2,3)13-39(35,36)24(21)18-11-37-12-22(18)32/h8-9,14-15,17,31H,4-7,10-13,29H2,1-3H3,(H2,30,33)/t14-,15?,17?/m1/s1. The van der Waals surface area contributed by atoms with Crippen LogP contribution in [0.2, 0.25) is 0 Å². The number of carbonyl (C=O) groups excluding carboxylic acids is 2. The summed E-state index contributed by atoms with van der Waals surface area (Å²) in [6, 6.07) is 2.06. The summed E-state index contributed by atoms with van der Waals surface area (Å²) in [6.07, 6.45) is 2.66. The van der Waals surface area contributed by atoms with Crippen molar-refractivity contribution in [3.8, 4) is 5.69 Å². The Hall–Kier alpha value is -2.96. The van der Waals surface area contributed by atoms with E-state index in [1.165, 1.54) is 6.07 Å². The number of nitrogens with one attached hydrogen (secondary N) is 1. The molecule has 0 spiro atoms. The number of halogens is 1. The fourth-order valence-electron chi connectivity index (χ4n) is 6.09. The molecule has 1 fully saturated rings. The van der Waals surface area contributed by atoms with E-state index in [1.54, 1.807) is 17.6 Å². The number of amides is 1. The maximum Gasteiger partial charge on any atom is 0.322 e. The predicted octanol–water partition coefficient (Wildman–Crippen LogP) is 2.71. The van der Waals surface area contributed by atoms with Crippen LogP contribution in [0.4, 0.5) is 10.1 Å². The number of aromatic nitrogens is 1. The van der Waals surface area contributed by atoms with Gasteiger partial charge in [-0.05, 0) is 56.6 Å². The molecule has 212 valence electrons. The fourth-order valence-corrected chi connectivity index (χ4v) is 8.44. The molecule has 1 aromatic heterocycles. The number of hydrogen-bond donors (Lipinski definition) is 3. The molecule has 39 heavy (non-hydrogen) atoms. The lowest BCUT2D eigenvalue weighted by molar-refractivity contribution is -0.151. The zero-order valence-corrected chi connectivity index (χ0v) is 23.2. The number of nitrogens with zero attached hydrogens (tertiary/aromatic N) is 1. The average Bonchev–Trinajstić information content (AvgIpc) is 3.38. The Kier molecular flexibility index (Phi) is 7.01. The number of ether oxygens (including phenoxy) is 2. The van der Waals surface area contributed by atoms with Crippen LogP contribution in [0.25, 0.3) is 5.69 Å². The highest BCUT2D eigenvalue weighted by Crippen LogP contribution is 2.44. The van der Waals surface area contributed by atoms with Gasteiger partial charge in [-0.1, -0.05) is 13.8 Å². The summed E-state index contributed by atoms with van der Waals surface area (Å²) in [4.78, 5) is 24.4. The van der Waals surface area contributed by atoms with Crippen LogP contribution in [0.15, 0.2) is 17.0 Å². The van der Waals surface area contributed by atoms with Gasteiger partial charge < -0.3 is 30.8 Å². The van der Waals surface area contributed by atoms with E-state index in [9.17, 15) is 18.0 Å². The first-order chi connectivity index (χ1) is 18.3. The van der Waals surface area contributed by atoms with E-state index in [0.29, 0.717) is 54.7 Å². The lowest BCUT2D eigenvalue weighted by Crippen LogP contribution is -2.36. The molecule has 2 aromatic rings. The van der Waals surface area contributed by atoms with Gasteiger partial charge in [0.2, 0.25) is 0 Å². The molecule has 0 bridgehead atoms. The third-order valence-electron chi connectivity index (χ3n) is 7.72. The van der Waals surface area contributed by atoms with Crippen LogP contribution in [0.3, 0.4) is 0 Å². The quantitative estimate of drug-likeness (QED) is 0.454. The van der Waals surface area contributed by atoms with Crippen molar-refractivity contribution in [2.45, 2.75) is 89.2 Å². The second-order valence-corrected chi connectivity index (χ2v) is 13.6. The van der Waals surface area contributed by atoms with Crippen molar-refractivity contribution in [2.24, 2.45) is 16.9 Å². The molecule has 1 amide bonds. The molecule has 5 rings (SSSR count). The van der Waals surface area contributed by atoms with Gasteiger partial charge in [0.25, 0.3) is 5.91 Å². The fraction of sp³-hybridized carbons (Fsp3) is 0.556. The molecule has 12 heteroatoms. The number of primary amides is 1. The summed E-state index contributed by atoms with van der Waals surface area (Å²) in [6.45, 7) is 5.75. The van der Waals surface area contributed by atoms with E-state index in [-0.39, 0.29) is 47.3 Å². The van der Waals surface area contributed by atoms with E-state index < -0.39 is 39.0 Å². The van der Waals surface area contributed by atoms with Gasteiger partial charge >= 0.3 is 5.97 Å². The second-order valence-electron chi connectivity index (χ2n) is 11.7. The van der Waals surface area contributed by atoms with Gasteiger partial charge in [0.05, 0.1) is 46.5 Å². The van der Waals surface area contributed by atoms with Gasteiger partial charge in [-0.25, -0.2) is 12.8 Å². The normalized spacial score (nSPS) is 23.9. The zero-order chi connectivity index (χ0) is 28.3. The highest BCUT2D eigenvalue weighted by Gasteiger charge is 2.43.